The third-order valence-corrected chi connectivity index (χ3v) is 9.38. The molecule has 0 saturated carbocycles. The van der Waals surface area contributed by atoms with Crippen LogP contribution < -0.4 is 0 Å². The molecule has 2 bridgehead atoms. The van der Waals surface area contributed by atoms with Crippen molar-refractivity contribution in [2.24, 2.45) is 10.8 Å². The number of rotatable bonds is 8. The second-order valence-electron chi connectivity index (χ2n) is 14.0. The molecule has 4 rings (SSSR count). The molecule has 3 N–H and O–H groups in total. The van der Waals surface area contributed by atoms with Crippen molar-refractivity contribution in [1.29, 1.82) is 0 Å². The monoisotopic (exact) mass is 588 g/mol. The van der Waals surface area contributed by atoms with Gasteiger partial charge < -0.3 is 24.8 Å². The van der Waals surface area contributed by atoms with Crippen LogP contribution in [-0.2, 0) is 14.3 Å². The van der Waals surface area contributed by atoms with Crippen LogP contribution in [-0.4, -0.2) is 50.8 Å². The summed E-state index contributed by atoms with van der Waals surface area (Å²) < 4.78 is 11.7. The Morgan fingerprint density at radius 2 is 1.58 bits per heavy atom. The van der Waals surface area contributed by atoms with Crippen molar-refractivity contribution in [3.63, 3.8) is 0 Å². The Balaban J connectivity index is 1.36. The number of cyclic esters (lactones) is 1. The lowest BCUT2D eigenvalue weighted by Gasteiger charge is -2.46. The van der Waals surface area contributed by atoms with Crippen molar-refractivity contribution in [3.05, 3.63) is 107 Å². The van der Waals surface area contributed by atoms with Crippen LogP contribution in [0.25, 0.3) is 0 Å². The standard InChI is InChI=1S/C37H48O6/c1-24(15-16-30-26(3)32(39)31(38)23-34(30,4)5)13-11-9-10-12-14-25(2)19-28-20-27(33(40)42-28)17-18-37-35(6,7)21-29(43-37)22-36(37,8)41/h9-20,29,31-32,38-39,41H,21-23H2,1-8H3. The third-order valence-electron chi connectivity index (χ3n) is 9.38. The first-order chi connectivity index (χ1) is 20.0. The van der Waals surface area contributed by atoms with Crippen LogP contribution >= 0.6 is 0 Å². The number of ether oxygens (including phenoxy) is 2. The highest BCUT2D eigenvalue weighted by Gasteiger charge is 2.67. The maximum atomic E-state index is 12.5. The number of aliphatic hydroxyl groups is 3. The molecule has 6 heteroatoms. The number of esters is 1. The lowest BCUT2D eigenvalue weighted by molar-refractivity contribution is -0.133. The summed E-state index contributed by atoms with van der Waals surface area (Å²) in [5.74, 6) is 0.0556. The molecule has 0 spiro atoms. The summed E-state index contributed by atoms with van der Waals surface area (Å²) >= 11 is 0. The molecule has 5 unspecified atom stereocenters. The van der Waals surface area contributed by atoms with Gasteiger partial charge in [-0.3, -0.25) is 0 Å². The number of hydrogen-bond donors (Lipinski definition) is 3. The third kappa shape index (κ3) is 6.73. The molecule has 0 aromatic carbocycles. The molecular weight excluding hydrogens is 540 g/mol. The molecule has 0 radical (unpaired) electrons. The number of carbonyl (C=O) groups excluding carboxylic acids is 1. The molecule has 4 aliphatic rings. The van der Waals surface area contributed by atoms with Gasteiger partial charge in [0.05, 0.1) is 23.4 Å². The zero-order chi connectivity index (χ0) is 31.8. The average Bonchev–Trinajstić information content (AvgIpc) is 3.46. The van der Waals surface area contributed by atoms with E-state index in [1.54, 1.807) is 12.2 Å². The lowest BCUT2D eigenvalue weighted by atomic mass is 9.61. The minimum Gasteiger partial charge on any atom is -0.423 e. The number of fused-ring (bicyclic) bond motifs is 2. The second-order valence-corrected chi connectivity index (χ2v) is 14.0. The second kappa shape index (κ2) is 12.2. The predicted octanol–water partition coefficient (Wildman–Crippen LogP) is 6.65. The number of aliphatic hydroxyl groups excluding tert-OH is 2. The molecule has 0 aromatic heterocycles. The van der Waals surface area contributed by atoms with Crippen molar-refractivity contribution in [2.75, 3.05) is 0 Å². The SMILES string of the molecule is CC(C=CC1=C(C)C(O)C(O)CC1(C)C)=CC=CC=CC=C(C)C=C1C=C(C=CC23OC(CC2(C)C)CC3(C)O)C(=O)O1. The fourth-order valence-corrected chi connectivity index (χ4v) is 7.16. The Hall–Kier alpha value is -3.03. The Bertz CT molecular complexity index is 1380. The molecule has 2 saturated heterocycles. The Kier molecular flexibility index (Phi) is 9.30. The van der Waals surface area contributed by atoms with Crippen molar-refractivity contribution < 1.29 is 29.6 Å². The average molecular weight is 589 g/mol. The van der Waals surface area contributed by atoms with Crippen LogP contribution in [0.15, 0.2) is 107 Å². The van der Waals surface area contributed by atoms with Crippen molar-refractivity contribution in [2.45, 2.75) is 104 Å². The first kappa shape index (κ1) is 32.9. The minimum atomic E-state index is -0.998. The van der Waals surface area contributed by atoms with E-state index in [1.807, 2.05) is 88.5 Å². The van der Waals surface area contributed by atoms with Crippen molar-refractivity contribution in [3.8, 4) is 0 Å². The number of hydrogen-bond acceptors (Lipinski definition) is 6. The van der Waals surface area contributed by atoms with Crippen LogP contribution in [0, 0.1) is 10.8 Å². The maximum absolute atomic E-state index is 12.5. The largest absolute Gasteiger partial charge is 0.423 e. The summed E-state index contributed by atoms with van der Waals surface area (Å²) in [4.78, 5) is 12.5. The zero-order valence-corrected chi connectivity index (χ0v) is 26.8. The molecule has 5 atom stereocenters. The summed E-state index contributed by atoms with van der Waals surface area (Å²) in [6, 6.07) is 0. The van der Waals surface area contributed by atoms with Crippen LogP contribution in [0.2, 0.25) is 0 Å². The van der Waals surface area contributed by atoms with Gasteiger partial charge in [-0.15, -0.1) is 0 Å². The van der Waals surface area contributed by atoms with Gasteiger partial charge in [0, 0.05) is 11.8 Å². The van der Waals surface area contributed by atoms with Gasteiger partial charge in [-0.05, 0) is 87.0 Å². The maximum Gasteiger partial charge on any atom is 0.343 e. The molecule has 232 valence electrons. The van der Waals surface area contributed by atoms with Crippen LogP contribution in [0.4, 0.5) is 0 Å². The van der Waals surface area contributed by atoms with E-state index < -0.39 is 29.4 Å². The van der Waals surface area contributed by atoms with Crippen LogP contribution in [0.1, 0.15) is 74.7 Å². The first-order valence-electron chi connectivity index (χ1n) is 15.2. The normalized spacial score (nSPS) is 35.5. The van der Waals surface area contributed by atoms with Gasteiger partial charge in [-0.25, -0.2) is 4.79 Å². The van der Waals surface area contributed by atoms with E-state index in [0.29, 0.717) is 24.2 Å². The molecule has 2 fully saturated rings. The van der Waals surface area contributed by atoms with Crippen molar-refractivity contribution in [1.82, 2.24) is 0 Å². The summed E-state index contributed by atoms with van der Waals surface area (Å²) in [7, 11) is 0. The summed E-state index contributed by atoms with van der Waals surface area (Å²) in [6.45, 7) is 16.0. The molecule has 0 amide bonds. The number of carbonyl (C=O) groups is 1. The van der Waals surface area contributed by atoms with E-state index in [9.17, 15) is 20.1 Å². The Morgan fingerprint density at radius 1 is 0.930 bits per heavy atom. The Labute approximate surface area is 256 Å². The van der Waals surface area contributed by atoms with Gasteiger partial charge in [0.1, 0.15) is 17.5 Å². The topological polar surface area (TPSA) is 96.2 Å². The Morgan fingerprint density at radius 3 is 2.21 bits per heavy atom. The fourth-order valence-electron chi connectivity index (χ4n) is 7.16. The van der Waals surface area contributed by atoms with E-state index in [2.05, 4.69) is 27.7 Å². The summed E-state index contributed by atoms with van der Waals surface area (Å²) in [5, 5.41) is 31.5. The van der Waals surface area contributed by atoms with E-state index in [1.165, 1.54) is 0 Å². The van der Waals surface area contributed by atoms with Crippen LogP contribution in [0.5, 0.6) is 0 Å². The van der Waals surface area contributed by atoms with E-state index in [-0.39, 0.29) is 16.9 Å². The van der Waals surface area contributed by atoms with Gasteiger partial charge in [0.2, 0.25) is 0 Å². The summed E-state index contributed by atoms with van der Waals surface area (Å²) in [6.07, 6.45) is 23.4. The van der Waals surface area contributed by atoms with Gasteiger partial charge in [0.15, 0.2) is 0 Å². The highest BCUT2D eigenvalue weighted by molar-refractivity contribution is 5.95. The molecule has 1 aliphatic carbocycles. The molecular formula is C37H48O6. The molecule has 3 heterocycles. The van der Waals surface area contributed by atoms with E-state index in [0.717, 1.165) is 28.7 Å². The minimum absolute atomic E-state index is 0.0238. The van der Waals surface area contributed by atoms with E-state index in [4.69, 9.17) is 9.47 Å². The van der Waals surface area contributed by atoms with Crippen LogP contribution in [0.3, 0.4) is 0 Å². The molecule has 43 heavy (non-hydrogen) atoms. The number of allylic oxidation sites excluding steroid dienone is 13. The highest BCUT2D eigenvalue weighted by atomic mass is 16.5. The predicted molar refractivity (Wildman–Crippen MR) is 171 cm³/mol. The summed E-state index contributed by atoms with van der Waals surface area (Å²) in [5.41, 5.74) is 2.02. The van der Waals surface area contributed by atoms with Gasteiger partial charge in [-0.1, -0.05) is 81.9 Å². The van der Waals surface area contributed by atoms with Crippen molar-refractivity contribution >= 4 is 5.97 Å². The highest BCUT2D eigenvalue weighted by Crippen LogP contribution is 2.60. The lowest BCUT2D eigenvalue weighted by Crippen LogP contribution is -2.56. The zero-order valence-electron chi connectivity index (χ0n) is 26.8. The quantitative estimate of drug-likeness (QED) is 0.217. The van der Waals surface area contributed by atoms with Gasteiger partial charge >= 0.3 is 5.97 Å². The van der Waals surface area contributed by atoms with Gasteiger partial charge in [-0.2, -0.15) is 0 Å². The molecule has 3 aliphatic heterocycles. The van der Waals surface area contributed by atoms with Gasteiger partial charge in [0.25, 0.3) is 0 Å². The molecule has 0 aromatic rings. The fraction of sp³-hybridized carbons (Fsp3) is 0.486. The molecule has 6 nitrogen and oxygen atoms in total. The first-order valence-corrected chi connectivity index (χ1v) is 15.2. The van der Waals surface area contributed by atoms with E-state index >= 15 is 0 Å². The smallest absolute Gasteiger partial charge is 0.343 e.